The fourth-order valence-corrected chi connectivity index (χ4v) is 4.85. The summed E-state index contributed by atoms with van der Waals surface area (Å²) in [5.41, 5.74) is 5.41. The lowest BCUT2D eigenvalue weighted by molar-refractivity contribution is 0.110. The van der Waals surface area contributed by atoms with Crippen molar-refractivity contribution in [2.45, 2.75) is 50.0 Å². The van der Waals surface area contributed by atoms with Gasteiger partial charge < -0.3 is 15.2 Å². The van der Waals surface area contributed by atoms with Gasteiger partial charge in [0, 0.05) is 18.7 Å². The Morgan fingerprint density at radius 2 is 1.92 bits per heavy atom. The van der Waals surface area contributed by atoms with Gasteiger partial charge in [-0.3, -0.25) is 0 Å². The maximum Gasteiger partial charge on any atom is 0.241 e. The molecule has 0 bridgehead atoms. The molecule has 0 radical (unpaired) electrons. The molecule has 1 aliphatic carbocycles. The van der Waals surface area contributed by atoms with E-state index in [0.717, 1.165) is 25.7 Å². The first-order chi connectivity index (χ1) is 11.9. The minimum Gasteiger partial charge on any atom is -0.491 e. The normalized spacial score (nSPS) is 23.3. The lowest BCUT2D eigenvalue weighted by atomic mass is 9.74. The Bertz CT molecular complexity index is 639. The maximum absolute atomic E-state index is 12.8. The second-order valence-corrected chi connectivity index (χ2v) is 8.31. The minimum atomic E-state index is -3.62. The molecule has 0 amide bonds. The van der Waals surface area contributed by atoms with E-state index in [9.17, 15) is 8.42 Å². The van der Waals surface area contributed by atoms with Crippen molar-refractivity contribution in [3.8, 4) is 5.75 Å². The Morgan fingerprint density at radius 3 is 2.50 bits per heavy atom. The van der Waals surface area contributed by atoms with E-state index in [4.69, 9.17) is 15.2 Å². The number of nitrogens with two attached hydrogens (primary N) is 1. The van der Waals surface area contributed by atoms with Gasteiger partial charge in [0.1, 0.15) is 12.4 Å². The van der Waals surface area contributed by atoms with E-state index >= 15 is 0 Å². The van der Waals surface area contributed by atoms with Crippen molar-refractivity contribution in [3.63, 3.8) is 0 Å². The third kappa shape index (κ3) is 5.82. The van der Waals surface area contributed by atoms with Gasteiger partial charge in [-0.05, 0) is 49.9 Å². The molecule has 8 heteroatoms. The van der Waals surface area contributed by atoms with Crippen molar-refractivity contribution in [1.29, 1.82) is 0 Å². The van der Waals surface area contributed by atoms with Crippen molar-refractivity contribution in [2.24, 2.45) is 11.7 Å². The van der Waals surface area contributed by atoms with Crippen LogP contribution in [0.3, 0.4) is 0 Å². The standard InChI is InChI=1S/C18H30N2O4S.ClH/c1-3-23-12-13-24-16-7-9-17(10-8-16)25(21,22)20-18(14-19)11-5-4-6-15(18)2;/h7-10,15,20H,3-6,11-14,19H2,1-2H3;1H. The molecule has 0 aliphatic heterocycles. The fourth-order valence-electron chi connectivity index (χ4n) is 3.31. The van der Waals surface area contributed by atoms with Gasteiger partial charge in [-0.15, -0.1) is 12.4 Å². The average Bonchev–Trinajstić information content (AvgIpc) is 2.61. The quantitative estimate of drug-likeness (QED) is 0.615. The van der Waals surface area contributed by atoms with E-state index in [1.54, 1.807) is 24.3 Å². The molecule has 26 heavy (non-hydrogen) atoms. The summed E-state index contributed by atoms with van der Waals surface area (Å²) in [4.78, 5) is 0.232. The second-order valence-electron chi connectivity index (χ2n) is 6.63. The molecule has 1 aromatic carbocycles. The highest BCUT2D eigenvalue weighted by Gasteiger charge is 2.40. The van der Waals surface area contributed by atoms with Crippen LogP contribution in [0.4, 0.5) is 0 Å². The molecule has 2 unspecified atom stereocenters. The molecule has 0 spiro atoms. The van der Waals surface area contributed by atoms with Gasteiger partial charge in [-0.1, -0.05) is 19.8 Å². The topological polar surface area (TPSA) is 90.6 Å². The first kappa shape index (κ1) is 23.2. The van der Waals surface area contributed by atoms with Crippen LogP contribution in [0.5, 0.6) is 5.75 Å². The predicted octanol–water partition coefficient (Wildman–Crippen LogP) is 2.71. The number of hydrogen-bond acceptors (Lipinski definition) is 5. The van der Waals surface area contributed by atoms with Crippen molar-refractivity contribution in [1.82, 2.24) is 4.72 Å². The summed E-state index contributed by atoms with van der Waals surface area (Å²) in [5.74, 6) is 0.848. The molecule has 3 N–H and O–H groups in total. The Kier molecular flexibility index (Phi) is 9.33. The first-order valence-corrected chi connectivity index (χ1v) is 10.5. The molecule has 0 aromatic heterocycles. The predicted molar refractivity (Wildman–Crippen MR) is 105 cm³/mol. The Morgan fingerprint density at radius 1 is 1.23 bits per heavy atom. The highest BCUT2D eigenvalue weighted by atomic mass is 35.5. The number of ether oxygens (including phenoxy) is 2. The van der Waals surface area contributed by atoms with Crippen LogP contribution in [0.25, 0.3) is 0 Å². The molecular weight excluding hydrogens is 376 g/mol. The van der Waals surface area contributed by atoms with Gasteiger partial charge in [0.05, 0.1) is 11.5 Å². The van der Waals surface area contributed by atoms with Crippen molar-refractivity contribution >= 4 is 22.4 Å². The van der Waals surface area contributed by atoms with E-state index < -0.39 is 15.6 Å². The Balaban J connectivity index is 0.00000338. The van der Waals surface area contributed by atoms with Gasteiger partial charge >= 0.3 is 0 Å². The van der Waals surface area contributed by atoms with Crippen molar-refractivity contribution in [3.05, 3.63) is 24.3 Å². The van der Waals surface area contributed by atoms with Crippen molar-refractivity contribution in [2.75, 3.05) is 26.4 Å². The summed E-state index contributed by atoms with van der Waals surface area (Å²) >= 11 is 0. The highest BCUT2D eigenvalue weighted by Crippen LogP contribution is 2.34. The molecular formula is C18H31ClN2O4S. The number of benzene rings is 1. The second kappa shape index (κ2) is 10.5. The highest BCUT2D eigenvalue weighted by molar-refractivity contribution is 7.89. The number of halogens is 1. The smallest absolute Gasteiger partial charge is 0.241 e. The number of rotatable bonds is 9. The Hall–Kier alpha value is -0.860. The summed E-state index contributed by atoms with van der Waals surface area (Å²) in [6.07, 6.45) is 3.89. The van der Waals surface area contributed by atoms with Crippen LogP contribution in [0.2, 0.25) is 0 Å². The molecule has 1 aliphatic rings. The minimum absolute atomic E-state index is 0. The molecule has 2 atom stereocenters. The number of hydrogen-bond donors (Lipinski definition) is 2. The summed E-state index contributed by atoms with van der Waals surface area (Å²) in [6.45, 7) is 5.90. The van der Waals surface area contributed by atoms with Crippen LogP contribution < -0.4 is 15.2 Å². The largest absolute Gasteiger partial charge is 0.491 e. The molecule has 1 aromatic rings. The van der Waals surface area contributed by atoms with E-state index in [1.165, 1.54) is 0 Å². The summed E-state index contributed by atoms with van der Waals surface area (Å²) in [7, 11) is -3.62. The van der Waals surface area contributed by atoms with Gasteiger partial charge in [0.25, 0.3) is 0 Å². The molecule has 0 heterocycles. The average molecular weight is 407 g/mol. The van der Waals surface area contributed by atoms with Crippen LogP contribution in [0, 0.1) is 5.92 Å². The van der Waals surface area contributed by atoms with E-state index in [0.29, 0.717) is 32.1 Å². The zero-order chi connectivity index (χ0) is 18.3. The Labute approximate surface area is 163 Å². The monoisotopic (exact) mass is 406 g/mol. The maximum atomic E-state index is 12.8. The SMILES string of the molecule is CCOCCOc1ccc(S(=O)(=O)NC2(CN)CCCCC2C)cc1.Cl. The van der Waals surface area contributed by atoms with E-state index in [1.807, 2.05) is 6.92 Å². The van der Waals surface area contributed by atoms with Gasteiger partial charge in [0.2, 0.25) is 10.0 Å². The van der Waals surface area contributed by atoms with Crippen LogP contribution in [0.15, 0.2) is 29.2 Å². The lowest BCUT2D eigenvalue weighted by Crippen LogP contribution is -2.58. The third-order valence-corrected chi connectivity index (χ3v) is 6.56. The van der Waals surface area contributed by atoms with Gasteiger partial charge in [0.15, 0.2) is 0 Å². The van der Waals surface area contributed by atoms with E-state index in [2.05, 4.69) is 11.6 Å². The molecule has 1 saturated carbocycles. The van der Waals surface area contributed by atoms with Crippen LogP contribution >= 0.6 is 12.4 Å². The third-order valence-electron chi connectivity index (χ3n) is 4.99. The van der Waals surface area contributed by atoms with Gasteiger partial charge in [-0.25, -0.2) is 13.1 Å². The van der Waals surface area contributed by atoms with Crippen LogP contribution in [-0.4, -0.2) is 40.3 Å². The molecule has 2 rings (SSSR count). The number of sulfonamides is 1. The zero-order valence-corrected chi connectivity index (χ0v) is 17.2. The summed E-state index contributed by atoms with van der Waals surface area (Å²) in [6, 6.07) is 6.46. The summed E-state index contributed by atoms with van der Waals surface area (Å²) < 4.78 is 39.2. The summed E-state index contributed by atoms with van der Waals surface area (Å²) in [5, 5.41) is 0. The molecule has 6 nitrogen and oxygen atoms in total. The van der Waals surface area contributed by atoms with E-state index in [-0.39, 0.29) is 23.2 Å². The lowest BCUT2D eigenvalue weighted by Gasteiger charge is -2.42. The first-order valence-electron chi connectivity index (χ1n) is 8.98. The molecule has 1 fully saturated rings. The molecule has 0 saturated heterocycles. The fraction of sp³-hybridized carbons (Fsp3) is 0.667. The molecule has 150 valence electrons. The zero-order valence-electron chi connectivity index (χ0n) is 15.6. The van der Waals surface area contributed by atoms with Crippen molar-refractivity contribution < 1.29 is 17.9 Å². The van der Waals surface area contributed by atoms with Crippen LogP contribution in [-0.2, 0) is 14.8 Å². The number of nitrogens with one attached hydrogen (secondary N) is 1. The van der Waals surface area contributed by atoms with Gasteiger partial charge in [-0.2, -0.15) is 0 Å². The van der Waals surface area contributed by atoms with Crippen LogP contribution in [0.1, 0.15) is 39.5 Å².